The molecule has 0 saturated carbocycles. The maximum absolute atomic E-state index is 13.1. The van der Waals surface area contributed by atoms with Crippen LogP contribution in [0.1, 0.15) is 25.3 Å². The molecule has 3 atom stereocenters. The van der Waals surface area contributed by atoms with Crippen LogP contribution in [-0.2, 0) is 0 Å². The molecule has 0 spiro atoms. The van der Waals surface area contributed by atoms with Crippen LogP contribution in [0.3, 0.4) is 0 Å². The van der Waals surface area contributed by atoms with Crippen molar-refractivity contribution >= 4 is 0 Å². The number of nitrogens with two attached hydrogens (primary N) is 1. The van der Waals surface area contributed by atoms with Crippen LogP contribution in [0, 0.1) is 11.7 Å². The van der Waals surface area contributed by atoms with Gasteiger partial charge >= 0.3 is 0 Å². The third-order valence-electron chi connectivity index (χ3n) is 3.13. The van der Waals surface area contributed by atoms with Gasteiger partial charge in [0.15, 0.2) is 0 Å². The first-order valence-corrected chi connectivity index (χ1v) is 5.29. The minimum atomic E-state index is -0.208. The summed E-state index contributed by atoms with van der Waals surface area (Å²) in [5.41, 5.74) is 6.62. The van der Waals surface area contributed by atoms with Crippen molar-refractivity contribution in [1.82, 2.24) is 0 Å². The molecule has 0 aliphatic carbocycles. The highest BCUT2D eigenvalue weighted by molar-refractivity contribution is 5.41. The lowest BCUT2D eigenvalue weighted by molar-refractivity contribution is 0.200. The van der Waals surface area contributed by atoms with E-state index in [-0.39, 0.29) is 17.8 Å². The quantitative estimate of drug-likeness (QED) is 0.811. The van der Waals surface area contributed by atoms with Gasteiger partial charge in [-0.2, -0.15) is 0 Å². The first-order valence-electron chi connectivity index (χ1n) is 5.29. The zero-order valence-electron chi connectivity index (χ0n) is 9.03. The monoisotopic (exact) mass is 209 g/mol. The van der Waals surface area contributed by atoms with E-state index in [1.165, 1.54) is 6.07 Å². The summed E-state index contributed by atoms with van der Waals surface area (Å²) in [5, 5.41) is 0. The van der Waals surface area contributed by atoms with E-state index in [1.807, 2.05) is 6.92 Å². The topological polar surface area (TPSA) is 35.2 Å². The number of ether oxygens (including phenoxy) is 1. The molecule has 2 N–H and O–H groups in total. The Morgan fingerprint density at radius 2 is 2.27 bits per heavy atom. The Balaban J connectivity index is 2.39. The molecule has 0 amide bonds. The number of halogens is 1. The van der Waals surface area contributed by atoms with Crippen LogP contribution in [0.15, 0.2) is 18.2 Å². The molecule has 2 nitrogen and oxygen atoms in total. The van der Waals surface area contributed by atoms with Gasteiger partial charge in [-0.05, 0) is 37.6 Å². The molecular formula is C12H16FNO. The standard InChI is InChI=1S/C12H16FNO/c1-7(6-14)12-8(2)15-11-4-3-9(13)5-10(11)12/h3-5,7-8,12H,6,14H2,1-2H3. The highest BCUT2D eigenvalue weighted by Gasteiger charge is 2.34. The van der Waals surface area contributed by atoms with E-state index < -0.39 is 0 Å². The van der Waals surface area contributed by atoms with Crippen LogP contribution in [0.25, 0.3) is 0 Å². The van der Waals surface area contributed by atoms with Crippen LogP contribution in [0.5, 0.6) is 5.75 Å². The van der Waals surface area contributed by atoms with Gasteiger partial charge in [0, 0.05) is 11.5 Å². The molecule has 1 aromatic rings. The predicted molar refractivity (Wildman–Crippen MR) is 57.4 cm³/mol. The van der Waals surface area contributed by atoms with Crippen molar-refractivity contribution in [3.63, 3.8) is 0 Å². The van der Waals surface area contributed by atoms with Crippen molar-refractivity contribution in [2.45, 2.75) is 25.9 Å². The molecule has 0 radical (unpaired) electrons. The molecule has 82 valence electrons. The van der Waals surface area contributed by atoms with E-state index in [2.05, 4.69) is 6.92 Å². The first kappa shape index (κ1) is 10.4. The number of hydrogen-bond acceptors (Lipinski definition) is 2. The molecule has 1 aromatic carbocycles. The summed E-state index contributed by atoms with van der Waals surface area (Å²) >= 11 is 0. The molecule has 2 rings (SSSR count). The smallest absolute Gasteiger partial charge is 0.123 e. The van der Waals surface area contributed by atoms with E-state index in [4.69, 9.17) is 10.5 Å². The summed E-state index contributed by atoms with van der Waals surface area (Å²) in [6.45, 7) is 4.67. The van der Waals surface area contributed by atoms with Gasteiger partial charge in [-0.15, -0.1) is 0 Å². The summed E-state index contributed by atoms with van der Waals surface area (Å²) in [4.78, 5) is 0. The van der Waals surface area contributed by atoms with Gasteiger partial charge in [-0.3, -0.25) is 0 Å². The predicted octanol–water partition coefficient (Wildman–Crippen LogP) is 2.29. The summed E-state index contributed by atoms with van der Waals surface area (Å²) in [7, 11) is 0. The van der Waals surface area contributed by atoms with Crippen LogP contribution in [-0.4, -0.2) is 12.6 Å². The Labute approximate surface area is 89.2 Å². The molecular weight excluding hydrogens is 193 g/mol. The van der Waals surface area contributed by atoms with Gasteiger partial charge in [-0.1, -0.05) is 6.92 Å². The van der Waals surface area contributed by atoms with Gasteiger partial charge in [0.25, 0.3) is 0 Å². The Bertz CT molecular complexity index is 363. The number of hydrogen-bond donors (Lipinski definition) is 1. The summed E-state index contributed by atoms with van der Waals surface area (Å²) < 4.78 is 18.8. The fraction of sp³-hybridized carbons (Fsp3) is 0.500. The summed E-state index contributed by atoms with van der Waals surface area (Å²) in [6.07, 6.45) is 0.0837. The molecule has 1 aliphatic rings. The van der Waals surface area contributed by atoms with Crippen molar-refractivity contribution in [2.24, 2.45) is 11.7 Å². The Hall–Kier alpha value is -1.09. The van der Waals surface area contributed by atoms with Crippen molar-refractivity contribution in [1.29, 1.82) is 0 Å². The van der Waals surface area contributed by atoms with E-state index in [0.29, 0.717) is 12.5 Å². The number of fused-ring (bicyclic) bond motifs is 1. The summed E-state index contributed by atoms with van der Waals surface area (Å²) in [6, 6.07) is 4.70. The second-order valence-corrected chi connectivity index (χ2v) is 4.24. The van der Waals surface area contributed by atoms with Crippen LogP contribution in [0.2, 0.25) is 0 Å². The van der Waals surface area contributed by atoms with Gasteiger partial charge in [0.1, 0.15) is 17.7 Å². The van der Waals surface area contributed by atoms with E-state index in [1.54, 1.807) is 12.1 Å². The van der Waals surface area contributed by atoms with Crippen molar-refractivity contribution in [3.05, 3.63) is 29.6 Å². The minimum Gasteiger partial charge on any atom is -0.490 e. The molecule has 3 unspecified atom stereocenters. The molecule has 0 bridgehead atoms. The zero-order valence-corrected chi connectivity index (χ0v) is 9.03. The fourth-order valence-electron chi connectivity index (χ4n) is 2.33. The number of benzene rings is 1. The van der Waals surface area contributed by atoms with Crippen molar-refractivity contribution in [3.8, 4) is 5.75 Å². The van der Waals surface area contributed by atoms with Crippen molar-refractivity contribution in [2.75, 3.05) is 6.54 Å². The average molecular weight is 209 g/mol. The van der Waals surface area contributed by atoms with E-state index in [0.717, 1.165) is 11.3 Å². The van der Waals surface area contributed by atoms with Gasteiger partial charge in [0.2, 0.25) is 0 Å². The van der Waals surface area contributed by atoms with Crippen molar-refractivity contribution < 1.29 is 9.13 Å². The zero-order chi connectivity index (χ0) is 11.0. The first-order chi connectivity index (χ1) is 7.13. The summed E-state index contributed by atoms with van der Waals surface area (Å²) in [5.74, 6) is 1.11. The highest BCUT2D eigenvalue weighted by atomic mass is 19.1. The molecule has 3 heteroatoms. The second-order valence-electron chi connectivity index (χ2n) is 4.24. The van der Waals surface area contributed by atoms with Crippen LogP contribution in [0.4, 0.5) is 4.39 Å². The Morgan fingerprint density at radius 3 is 2.93 bits per heavy atom. The second kappa shape index (κ2) is 3.81. The molecule has 0 saturated heterocycles. The van der Waals surface area contributed by atoms with E-state index in [9.17, 15) is 4.39 Å². The van der Waals surface area contributed by atoms with Gasteiger partial charge < -0.3 is 10.5 Å². The third kappa shape index (κ3) is 1.72. The molecule has 1 heterocycles. The third-order valence-corrected chi connectivity index (χ3v) is 3.13. The Kier molecular flexibility index (Phi) is 2.65. The minimum absolute atomic E-state index is 0.0837. The molecule has 0 fully saturated rings. The SMILES string of the molecule is CC(CN)C1c2cc(F)ccc2OC1C. The number of rotatable bonds is 2. The maximum Gasteiger partial charge on any atom is 0.123 e. The lowest BCUT2D eigenvalue weighted by Crippen LogP contribution is -2.25. The van der Waals surface area contributed by atoms with Gasteiger partial charge in [0.05, 0.1) is 0 Å². The largest absolute Gasteiger partial charge is 0.490 e. The van der Waals surface area contributed by atoms with E-state index >= 15 is 0 Å². The maximum atomic E-state index is 13.1. The normalized spacial score (nSPS) is 25.9. The molecule has 15 heavy (non-hydrogen) atoms. The fourth-order valence-corrected chi connectivity index (χ4v) is 2.33. The molecule has 0 aromatic heterocycles. The Morgan fingerprint density at radius 1 is 1.53 bits per heavy atom. The lowest BCUT2D eigenvalue weighted by atomic mass is 9.85. The highest BCUT2D eigenvalue weighted by Crippen LogP contribution is 2.42. The lowest BCUT2D eigenvalue weighted by Gasteiger charge is -2.20. The van der Waals surface area contributed by atoms with Gasteiger partial charge in [-0.25, -0.2) is 4.39 Å². The average Bonchev–Trinajstić information content (AvgIpc) is 2.52. The van der Waals surface area contributed by atoms with Crippen LogP contribution >= 0.6 is 0 Å². The molecule has 1 aliphatic heterocycles. The van der Waals surface area contributed by atoms with Crippen LogP contribution < -0.4 is 10.5 Å².